The average molecular weight is 148 g/mol. The van der Waals surface area contributed by atoms with Gasteiger partial charge in [-0.1, -0.05) is 0 Å². The van der Waals surface area contributed by atoms with Gasteiger partial charge in [-0.3, -0.25) is 4.79 Å². The van der Waals surface area contributed by atoms with E-state index in [1.54, 1.807) is 6.92 Å². The van der Waals surface area contributed by atoms with E-state index in [4.69, 9.17) is 5.73 Å². The number of carbonyl (C=O) groups is 1. The van der Waals surface area contributed by atoms with Crippen LogP contribution in [0, 0.1) is 0 Å². The van der Waals surface area contributed by atoms with Crippen LogP contribution in [0.5, 0.6) is 0 Å². The monoisotopic (exact) mass is 148 g/mol. The Kier molecular flexibility index (Phi) is 4.82. The van der Waals surface area contributed by atoms with Crippen LogP contribution in [-0.2, 0) is 14.4 Å². The second-order valence-corrected chi connectivity index (χ2v) is 1.69. The summed E-state index contributed by atoms with van der Waals surface area (Å²) in [5, 5.41) is 0. The first-order valence-corrected chi connectivity index (χ1v) is 2.96. The Labute approximate surface area is 59.2 Å². The summed E-state index contributed by atoms with van der Waals surface area (Å²) in [6.07, 6.45) is 0. The Morgan fingerprint density at radius 2 is 2.30 bits per heavy atom. The van der Waals surface area contributed by atoms with Gasteiger partial charge in [0.05, 0.1) is 13.2 Å². The molecule has 0 aromatic heterocycles. The molecular weight excluding hydrogens is 136 g/mol. The Morgan fingerprint density at radius 1 is 1.70 bits per heavy atom. The van der Waals surface area contributed by atoms with Gasteiger partial charge in [-0.15, -0.1) is 0 Å². The molecule has 5 nitrogen and oxygen atoms in total. The number of esters is 1. The number of hydrogen-bond donors (Lipinski definition) is 2. The molecule has 0 bridgehead atoms. The molecule has 60 valence electrons. The highest BCUT2D eigenvalue weighted by Gasteiger charge is 2.13. The van der Waals surface area contributed by atoms with Crippen molar-refractivity contribution in [1.82, 2.24) is 0 Å². The molecule has 10 heavy (non-hydrogen) atoms. The molecule has 0 radical (unpaired) electrons. The van der Waals surface area contributed by atoms with E-state index < -0.39 is 12.0 Å². The minimum Gasteiger partial charge on any atom is -0.465 e. The van der Waals surface area contributed by atoms with Gasteiger partial charge in [0, 0.05) is 0 Å². The second kappa shape index (κ2) is 5.16. The lowest BCUT2D eigenvalue weighted by atomic mass is 10.3. The number of nitrogens with two attached hydrogens (primary N) is 2. The lowest BCUT2D eigenvalue weighted by Crippen LogP contribution is -2.37. The maximum absolute atomic E-state index is 10.7. The van der Waals surface area contributed by atoms with Crippen LogP contribution >= 0.6 is 0 Å². The lowest BCUT2D eigenvalue weighted by molar-refractivity contribution is -0.146. The van der Waals surface area contributed by atoms with Crippen LogP contribution in [0.3, 0.4) is 0 Å². The van der Waals surface area contributed by atoms with Gasteiger partial charge in [-0.2, -0.15) is 0 Å². The van der Waals surface area contributed by atoms with E-state index in [2.05, 4.69) is 15.5 Å². The summed E-state index contributed by atoms with van der Waals surface area (Å²) in [6, 6.07) is -0.773. The van der Waals surface area contributed by atoms with E-state index in [9.17, 15) is 4.79 Å². The molecule has 0 fully saturated rings. The van der Waals surface area contributed by atoms with Crippen LogP contribution in [0.4, 0.5) is 0 Å². The summed E-state index contributed by atoms with van der Waals surface area (Å²) in [5.74, 6) is 4.18. The van der Waals surface area contributed by atoms with Gasteiger partial charge in [0.1, 0.15) is 6.04 Å². The molecule has 0 amide bonds. The SMILES string of the molecule is CCOC(=O)C(N)CON. The Balaban J connectivity index is 3.49. The van der Waals surface area contributed by atoms with Gasteiger partial charge < -0.3 is 15.3 Å². The maximum atomic E-state index is 10.7. The summed E-state index contributed by atoms with van der Waals surface area (Å²) in [4.78, 5) is 14.8. The Hall–Kier alpha value is -0.650. The molecule has 0 aliphatic heterocycles. The van der Waals surface area contributed by atoms with Crippen LogP contribution in [-0.4, -0.2) is 25.2 Å². The third kappa shape index (κ3) is 3.39. The maximum Gasteiger partial charge on any atom is 0.325 e. The van der Waals surface area contributed by atoms with Crippen molar-refractivity contribution in [3.05, 3.63) is 0 Å². The smallest absolute Gasteiger partial charge is 0.325 e. The number of carbonyl (C=O) groups excluding carboxylic acids is 1. The molecule has 0 saturated heterocycles. The van der Waals surface area contributed by atoms with Crippen LogP contribution < -0.4 is 11.6 Å². The fourth-order valence-corrected chi connectivity index (χ4v) is 0.421. The van der Waals surface area contributed by atoms with Gasteiger partial charge >= 0.3 is 5.97 Å². The van der Waals surface area contributed by atoms with E-state index in [1.165, 1.54) is 0 Å². The van der Waals surface area contributed by atoms with Crippen molar-refractivity contribution in [3.63, 3.8) is 0 Å². The third-order valence-corrected chi connectivity index (χ3v) is 0.865. The first-order chi connectivity index (χ1) is 4.72. The van der Waals surface area contributed by atoms with Gasteiger partial charge in [-0.05, 0) is 6.92 Å². The van der Waals surface area contributed by atoms with Crippen molar-refractivity contribution >= 4 is 5.97 Å². The molecular formula is C5H12N2O3. The summed E-state index contributed by atoms with van der Waals surface area (Å²) in [7, 11) is 0. The quantitative estimate of drug-likeness (QED) is 0.385. The van der Waals surface area contributed by atoms with Crippen molar-refractivity contribution in [2.75, 3.05) is 13.2 Å². The highest BCUT2D eigenvalue weighted by Crippen LogP contribution is 1.84. The van der Waals surface area contributed by atoms with Crippen LogP contribution in [0.15, 0.2) is 0 Å². The first-order valence-electron chi connectivity index (χ1n) is 2.96. The molecule has 0 saturated carbocycles. The molecule has 0 heterocycles. The van der Waals surface area contributed by atoms with E-state index in [-0.39, 0.29) is 6.61 Å². The minimum atomic E-state index is -0.773. The van der Waals surface area contributed by atoms with Crippen molar-refractivity contribution < 1.29 is 14.4 Å². The minimum absolute atomic E-state index is 0.0150. The topological polar surface area (TPSA) is 87.6 Å². The van der Waals surface area contributed by atoms with Gasteiger partial charge in [0.15, 0.2) is 0 Å². The molecule has 1 atom stereocenters. The molecule has 0 spiro atoms. The summed E-state index contributed by atoms with van der Waals surface area (Å²) in [6.45, 7) is 2.00. The molecule has 5 heteroatoms. The summed E-state index contributed by atoms with van der Waals surface area (Å²) >= 11 is 0. The second-order valence-electron chi connectivity index (χ2n) is 1.69. The van der Waals surface area contributed by atoms with E-state index in [1.807, 2.05) is 0 Å². The molecule has 4 N–H and O–H groups in total. The average Bonchev–Trinajstić information content (AvgIpc) is 1.89. The van der Waals surface area contributed by atoms with Gasteiger partial charge in [0.2, 0.25) is 0 Å². The molecule has 0 aliphatic carbocycles. The summed E-state index contributed by atoms with van der Waals surface area (Å²) in [5.41, 5.74) is 5.23. The predicted molar refractivity (Wildman–Crippen MR) is 34.7 cm³/mol. The van der Waals surface area contributed by atoms with E-state index >= 15 is 0 Å². The third-order valence-electron chi connectivity index (χ3n) is 0.865. The van der Waals surface area contributed by atoms with E-state index in [0.29, 0.717) is 6.61 Å². The zero-order chi connectivity index (χ0) is 7.98. The van der Waals surface area contributed by atoms with Crippen molar-refractivity contribution in [2.24, 2.45) is 11.6 Å². The zero-order valence-electron chi connectivity index (χ0n) is 5.87. The van der Waals surface area contributed by atoms with Crippen molar-refractivity contribution in [3.8, 4) is 0 Å². The number of hydrogen-bond acceptors (Lipinski definition) is 5. The molecule has 1 unspecified atom stereocenters. The fraction of sp³-hybridized carbons (Fsp3) is 0.800. The molecule has 0 aromatic rings. The van der Waals surface area contributed by atoms with Crippen molar-refractivity contribution in [1.29, 1.82) is 0 Å². The molecule has 0 aliphatic rings. The Bertz CT molecular complexity index is 107. The number of rotatable bonds is 4. The van der Waals surface area contributed by atoms with E-state index in [0.717, 1.165) is 0 Å². The first kappa shape index (κ1) is 9.35. The zero-order valence-corrected chi connectivity index (χ0v) is 5.87. The van der Waals surface area contributed by atoms with Crippen molar-refractivity contribution in [2.45, 2.75) is 13.0 Å². The normalized spacial score (nSPS) is 12.7. The molecule has 0 aromatic carbocycles. The van der Waals surface area contributed by atoms with Crippen LogP contribution in [0.25, 0.3) is 0 Å². The highest BCUT2D eigenvalue weighted by molar-refractivity contribution is 5.75. The largest absolute Gasteiger partial charge is 0.465 e. The fourth-order valence-electron chi connectivity index (χ4n) is 0.421. The standard InChI is InChI=1S/C5H12N2O3/c1-2-9-5(8)4(6)3-10-7/h4H,2-3,6-7H2,1H3. The van der Waals surface area contributed by atoms with Crippen LogP contribution in [0.2, 0.25) is 0 Å². The number of ether oxygens (including phenoxy) is 1. The Morgan fingerprint density at radius 3 is 2.70 bits per heavy atom. The molecule has 0 rings (SSSR count). The predicted octanol–water partition coefficient (Wildman–Crippen LogP) is -1.23. The van der Waals surface area contributed by atoms with Gasteiger partial charge in [-0.25, -0.2) is 5.90 Å². The highest BCUT2D eigenvalue weighted by atomic mass is 16.6. The summed E-state index contributed by atoms with van der Waals surface area (Å²) < 4.78 is 4.56. The van der Waals surface area contributed by atoms with Crippen LogP contribution in [0.1, 0.15) is 6.92 Å². The van der Waals surface area contributed by atoms with Gasteiger partial charge in [0.25, 0.3) is 0 Å². The lowest BCUT2D eigenvalue weighted by Gasteiger charge is -2.07.